The lowest BCUT2D eigenvalue weighted by Crippen LogP contribution is -2.11. The van der Waals surface area contributed by atoms with E-state index in [1.54, 1.807) is 0 Å². The molecule has 0 saturated heterocycles. The zero-order chi connectivity index (χ0) is 84.9. The maximum Gasteiger partial charge on any atom is 0.0490 e. The number of para-hydroxylation sites is 7. The Balaban J connectivity index is 0.787. The van der Waals surface area contributed by atoms with Crippen LogP contribution in [0, 0.1) is 0 Å². The van der Waals surface area contributed by atoms with Gasteiger partial charge in [0.25, 0.3) is 0 Å². The lowest BCUT2D eigenvalue weighted by Gasteiger charge is -2.28. The van der Waals surface area contributed by atoms with E-state index in [-0.39, 0.29) is 0 Å². The van der Waals surface area contributed by atoms with Gasteiger partial charge in [0.15, 0.2) is 0 Å². The van der Waals surface area contributed by atoms with Crippen molar-refractivity contribution in [1.29, 1.82) is 0 Å². The largest absolute Gasteiger partial charge is 0.355 e. The number of hydrogen-bond donors (Lipinski definition) is 1. The highest BCUT2D eigenvalue weighted by molar-refractivity contribution is 6.41. The summed E-state index contributed by atoms with van der Waals surface area (Å²) in [4.78, 5) is 7.57. The summed E-state index contributed by atoms with van der Waals surface area (Å²) in [5.41, 5.74) is 28.1. The standard InChI is InChI=1S/C117H83N11/c1-119-102-29-15-8-22-84(102)91-58-70(37-51-109(91)119)118-69-36-47-80-81-48-38-72(127(76-43-54-112-94(62-76)87-25-11-18-32-105(87)122(112)4)77-44-55-113-95(63-77)88-26-12-19-33-106(88)123(113)5)67-100(81)117-101-68-73(128(78-45-56-114-96(64-78)89-27-13-20-34-107(89)124(114)6)79-46-57-115-97(65-79)90-28-14-21-35-108(90)125(115)7)40-50-83(101)82-49-39-71(66-99(82)116(117)98(80)59-69)126(74-41-52-110-92(60-74)85-23-9-16-30-103(85)120(110)2)75-42-53-111-93(61-75)86-24-10-17-31-104(86)121(111)3/h8-68,118H,1-7H3. The van der Waals surface area contributed by atoms with Crippen LogP contribution in [0.2, 0.25) is 0 Å². The van der Waals surface area contributed by atoms with E-state index in [2.05, 4.69) is 471 Å². The molecule has 0 aliphatic rings. The van der Waals surface area contributed by atoms with Gasteiger partial charge in [-0.25, -0.2) is 0 Å². The summed E-state index contributed by atoms with van der Waals surface area (Å²) in [5.74, 6) is 0. The Morgan fingerprint density at radius 2 is 0.297 bits per heavy atom. The Morgan fingerprint density at radius 3 is 0.531 bits per heavy atom. The van der Waals surface area contributed by atoms with E-state index in [4.69, 9.17) is 0 Å². The third-order valence-corrected chi connectivity index (χ3v) is 28.8. The van der Waals surface area contributed by atoms with Crippen LogP contribution in [0.15, 0.2) is 370 Å². The monoisotopic (exact) mass is 1640 g/mol. The van der Waals surface area contributed by atoms with E-state index >= 15 is 0 Å². The summed E-state index contributed by atoms with van der Waals surface area (Å²) < 4.78 is 16.3. The van der Waals surface area contributed by atoms with Gasteiger partial charge in [0.05, 0.1) is 0 Å². The second-order valence-corrected chi connectivity index (χ2v) is 35.3. The van der Waals surface area contributed by atoms with Crippen LogP contribution in [0.5, 0.6) is 0 Å². The SMILES string of the molecule is Cn1c2ccccc2c2cc(Nc3ccc4c5ccc(N(c6ccc7c(c6)c6ccccc6n7C)c6ccc7c(c6)c6ccccc6n7C)cc5c5c6cc(N(c7ccc8c(c7)c7ccccc7n8C)c7ccc8c(c7)c7ccccc7n8C)ccc6c6ccc(N(c7ccc8c(c7)c7ccccc7n8C)c7ccc8c(c7)c7ccccc7n8C)cc6c5c4c3)ccc21. The number of fused-ring (bicyclic) bond motifs is 32. The first-order chi connectivity index (χ1) is 62.9. The van der Waals surface area contributed by atoms with E-state index in [1.165, 1.54) is 153 Å². The van der Waals surface area contributed by atoms with Crippen molar-refractivity contribution < 1.29 is 0 Å². The molecule has 11 heteroatoms. The van der Waals surface area contributed by atoms with Crippen LogP contribution in [0.25, 0.3) is 207 Å². The van der Waals surface area contributed by atoms with E-state index in [9.17, 15) is 0 Å². The summed E-state index contributed by atoms with van der Waals surface area (Å²) in [6.45, 7) is 0. The lowest BCUT2D eigenvalue weighted by molar-refractivity contribution is 1.01. The van der Waals surface area contributed by atoms with Crippen molar-refractivity contribution in [3.05, 3.63) is 370 Å². The molecule has 606 valence electrons. The molecule has 0 unspecified atom stereocenters. The number of hydrogen-bond acceptors (Lipinski definition) is 4. The van der Waals surface area contributed by atoms with Gasteiger partial charge in [0, 0.05) is 265 Å². The van der Waals surface area contributed by atoms with Gasteiger partial charge in [-0.3, -0.25) is 0 Å². The second kappa shape index (κ2) is 26.8. The van der Waals surface area contributed by atoms with Crippen molar-refractivity contribution in [2.24, 2.45) is 49.3 Å². The molecule has 0 fully saturated rings. The number of aryl methyl sites for hydroxylation is 7. The van der Waals surface area contributed by atoms with E-state index < -0.39 is 0 Å². The zero-order valence-corrected chi connectivity index (χ0v) is 71.7. The summed E-state index contributed by atoms with van der Waals surface area (Å²) in [7, 11) is 15.4. The van der Waals surface area contributed by atoms with E-state index in [1.807, 2.05) is 0 Å². The Bertz CT molecular complexity index is 8960. The smallest absolute Gasteiger partial charge is 0.0490 e. The molecule has 7 heterocycles. The number of anilines is 11. The van der Waals surface area contributed by atoms with E-state index in [0.29, 0.717) is 0 Å². The molecule has 27 rings (SSSR count). The highest BCUT2D eigenvalue weighted by Gasteiger charge is 2.28. The van der Waals surface area contributed by atoms with Crippen molar-refractivity contribution in [1.82, 2.24) is 32.0 Å². The predicted octanol–water partition coefficient (Wildman–Crippen LogP) is 31.1. The normalized spacial score (nSPS) is 12.3. The first-order valence-electron chi connectivity index (χ1n) is 44.2. The third-order valence-electron chi connectivity index (χ3n) is 28.8. The Hall–Kier alpha value is -16.5. The first kappa shape index (κ1) is 72.0. The van der Waals surface area contributed by atoms with Gasteiger partial charge in [-0.2, -0.15) is 0 Å². The Kier molecular flexibility index (Phi) is 15.1. The molecule has 7 aromatic heterocycles. The maximum absolute atomic E-state index is 4.07. The fraction of sp³-hybridized carbons (Fsp3) is 0.0598. The molecule has 0 aliphatic carbocycles. The van der Waals surface area contributed by atoms with Gasteiger partial charge in [0.2, 0.25) is 0 Å². The minimum absolute atomic E-state index is 0.985. The fourth-order valence-corrected chi connectivity index (χ4v) is 22.8. The Morgan fingerprint density at radius 1 is 0.141 bits per heavy atom. The topological polar surface area (TPSA) is 56.3 Å². The number of nitrogens with zero attached hydrogens (tertiary/aromatic N) is 10. The molecule has 11 nitrogen and oxygen atoms in total. The number of nitrogens with one attached hydrogen (secondary N) is 1. The zero-order valence-electron chi connectivity index (χ0n) is 71.7. The van der Waals surface area contributed by atoms with Gasteiger partial charge in [-0.05, 0) is 272 Å². The molecular weight excluding hydrogens is 1560 g/mol. The Labute approximate surface area is 735 Å². The molecule has 0 aliphatic heterocycles. The van der Waals surface area contributed by atoms with Crippen LogP contribution in [-0.2, 0) is 49.3 Å². The number of aromatic nitrogens is 7. The number of benzene rings is 20. The van der Waals surface area contributed by atoms with Crippen LogP contribution >= 0.6 is 0 Å². The maximum atomic E-state index is 4.07. The summed E-state index contributed by atoms with van der Waals surface area (Å²) in [6.07, 6.45) is 0. The molecular formula is C117H83N11. The first-order valence-corrected chi connectivity index (χ1v) is 44.2. The van der Waals surface area contributed by atoms with Crippen molar-refractivity contribution in [3.8, 4) is 0 Å². The highest BCUT2D eigenvalue weighted by atomic mass is 15.2. The molecule has 0 atom stereocenters. The van der Waals surface area contributed by atoms with Crippen molar-refractivity contribution in [2.75, 3.05) is 20.0 Å². The molecule has 128 heavy (non-hydrogen) atoms. The van der Waals surface area contributed by atoms with Gasteiger partial charge in [-0.1, -0.05) is 152 Å². The van der Waals surface area contributed by atoms with Crippen LogP contribution in [0.1, 0.15) is 0 Å². The quantitative estimate of drug-likeness (QED) is 0.131. The average molecular weight is 1640 g/mol. The molecule has 0 bridgehead atoms. The fourth-order valence-electron chi connectivity index (χ4n) is 22.8. The summed E-state index contributed by atoms with van der Waals surface area (Å²) in [5, 5.41) is 32.4. The van der Waals surface area contributed by atoms with Crippen molar-refractivity contribution in [3.63, 3.8) is 0 Å². The predicted molar refractivity (Wildman–Crippen MR) is 546 cm³/mol. The van der Waals surface area contributed by atoms with Gasteiger partial charge < -0.3 is 52.0 Å². The van der Waals surface area contributed by atoms with Gasteiger partial charge in [0.1, 0.15) is 0 Å². The number of rotatable bonds is 11. The molecule has 0 radical (unpaired) electrons. The molecule has 0 spiro atoms. The van der Waals surface area contributed by atoms with Crippen molar-refractivity contribution in [2.45, 2.75) is 0 Å². The van der Waals surface area contributed by atoms with Crippen LogP contribution in [0.3, 0.4) is 0 Å². The molecule has 20 aromatic carbocycles. The minimum atomic E-state index is 0.985. The molecule has 1 N–H and O–H groups in total. The van der Waals surface area contributed by atoms with Gasteiger partial charge >= 0.3 is 0 Å². The van der Waals surface area contributed by atoms with Crippen LogP contribution in [-0.4, -0.2) is 32.0 Å². The molecule has 0 amide bonds. The minimum Gasteiger partial charge on any atom is -0.355 e. The van der Waals surface area contributed by atoms with Crippen molar-refractivity contribution >= 4 is 269 Å². The lowest BCUT2D eigenvalue weighted by atomic mass is 9.86. The van der Waals surface area contributed by atoms with E-state index in [0.717, 1.165) is 116 Å². The highest BCUT2D eigenvalue weighted by Crippen LogP contribution is 2.53. The molecule has 27 aromatic rings. The molecule has 0 saturated carbocycles. The summed E-state index contributed by atoms with van der Waals surface area (Å²) >= 11 is 0. The average Bonchev–Trinajstić information content (AvgIpc) is 1.22. The summed E-state index contributed by atoms with van der Waals surface area (Å²) in [6, 6.07) is 140. The third kappa shape index (κ3) is 10.2. The van der Waals surface area contributed by atoms with Gasteiger partial charge in [-0.15, -0.1) is 0 Å². The van der Waals surface area contributed by atoms with Crippen LogP contribution in [0.4, 0.5) is 62.6 Å². The van der Waals surface area contributed by atoms with Crippen LogP contribution < -0.4 is 20.0 Å². The second-order valence-electron chi connectivity index (χ2n) is 35.3.